The highest BCUT2D eigenvalue weighted by Crippen LogP contribution is 2.17. The normalized spacial score (nSPS) is 10.1. The summed E-state index contributed by atoms with van der Waals surface area (Å²) in [5, 5.41) is 2.65. The van der Waals surface area contributed by atoms with E-state index in [0.29, 0.717) is 31.9 Å². The Morgan fingerprint density at radius 1 is 0.926 bits per heavy atom. The summed E-state index contributed by atoms with van der Waals surface area (Å²) < 4.78 is 15.8. The van der Waals surface area contributed by atoms with E-state index in [-0.39, 0.29) is 24.9 Å². The van der Waals surface area contributed by atoms with Crippen molar-refractivity contribution in [2.45, 2.75) is 19.8 Å². The van der Waals surface area contributed by atoms with Crippen molar-refractivity contribution in [3.05, 3.63) is 60.2 Å². The highest BCUT2D eigenvalue weighted by Gasteiger charge is 2.07. The smallest absolute Gasteiger partial charge is 0.306 e. The number of amides is 1. The molecule has 0 fully saturated rings. The Bertz CT molecular complexity index is 700. The second-order valence-corrected chi connectivity index (χ2v) is 5.75. The fourth-order valence-corrected chi connectivity index (χ4v) is 2.32. The first-order chi connectivity index (χ1) is 13.2. The Morgan fingerprint density at radius 3 is 2.26 bits per heavy atom. The summed E-state index contributed by atoms with van der Waals surface area (Å²) in [6.45, 7) is 2.91. The molecule has 6 nitrogen and oxygen atoms in total. The standard InChI is InChI=1S/C21H25NO5/c1-2-25-18-9-11-19(12-10-18)26-15-14-22-20(23)16-27-21(24)13-8-17-6-4-3-5-7-17/h3-7,9-12H,2,8,13-16H2,1H3,(H,22,23). The largest absolute Gasteiger partial charge is 0.494 e. The Morgan fingerprint density at radius 2 is 1.59 bits per heavy atom. The molecule has 144 valence electrons. The molecule has 0 unspecified atom stereocenters. The van der Waals surface area contributed by atoms with Gasteiger partial charge in [0.25, 0.3) is 5.91 Å². The molecule has 1 amide bonds. The lowest BCUT2D eigenvalue weighted by atomic mass is 10.1. The summed E-state index contributed by atoms with van der Waals surface area (Å²) in [5.41, 5.74) is 1.06. The second-order valence-electron chi connectivity index (χ2n) is 5.75. The fourth-order valence-electron chi connectivity index (χ4n) is 2.32. The van der Waals surface area contributed by atoms with Crippen LogP contribution in [-0.4, -0.2) is 38.2 Å². The van der Waals surface area contributed by atoms with E-state index in [2.05, 4.69) is 5.32 Å². The molecule has 0 aromatic heterocycles. The van der Waals surface area contributed by atoms with Gasteiger partial charge in [-0.05, 0) is 43.2 Å². The Labute approximate surface area is 159 Å². The van der Waals surface area contributed by atoms with Crippen LogP contribution in [0.5, 0.6) is 11.5 Å². The molecule has 2 rings (SSSR count). The summed E-state index contributed by atoms with van der Waals surface area (Å²) in [7, 11) is 0. The number of hydrogen-bond donors (Lipinski definition) is 1. The first-order valence-corrected chi connectivity index (χ1v) is 8.99. The molecule has 0 aliphatic heterocycles. The highest BCUT2D eigenvalue weighted by atomic mass is 16.5. The number of carbonyl (C=O) groups is 2. The van der Waals surface area contributed by atoms with E-state index in [0.717, 1.165) is 11.3 Å². The van der Waals surface area contributed by atoms with Gasteiger partial charge >= 0.3 is 5.97 Å². The summed E-state index contributed by atoms with van der Waals surface area (Å²) in [6.07, 6.45) is 0.843. The van der Waals surface area contributed by atoms with E-state index in [4.69, 9.17) is 14.2 Å². The third-order valence-electron chi connectivity index (χ3n) is 3.65. The Balaban J connectivity index is 1.54. The van der Waals surface area contributed by atoms with Gasteiger partial charge in [-0.25, -0.2) is 0 Å². The highest BCUT2D eigenvalue weighted by molar-refractivity contribution is 5.80. The van der Waals surface area contributed by atoms with Crippen LogP contribution in [0.2, 0.25) is 0 Å². The van der Waals surface area contributed by atoms with E-state index >= 15 is 0 Å². The van der Waals surface area contributed by atoms with Crippen molar-refractivity contribution >= 4 is 11.9 Å². The van der Waals surface area contributed by atoms with Crippen LogP contribution < -0.4 is 14.8 Å². The number of carbonyl (C=O) groups excluding carboxylic acids is 2. The van der Waals surface area contributed by atoms with Crippen LogP contribution >= 0.6 is 0 Å². The average Bonchev–Trinajstić information content (AvgIpc) is 2.70. The number of rotatable bonds is 11. The van der Waals surface area contributed by atoms with E-state index in [9.17, 15) is 9.59 Å². The van der Waals surface area contributed by atoms with Gasteiger partial charge < -0.3 is 19.5 Å². The number of benzene rings is 2. The number of aryl methyl sites for hydroxylation is 1. The molecule has 0 bridgehead atoms. The molecule has 0 radical (unpaired) electrons. The molecular formula is C21H25NO5. The second kappa shape index (κ2) is 11.6. The van der Waals surface area contributed by atoms with Gasteiger partial charge in [0.2, 0.25) is 0 Å². The van der Waals surface area contributed by atoms with E-state index in [1.165, 1.54) is 0 Å². The topological polar surface area (TPSA) is 73.9 Å². The van der Waals surface area contributed by atoms with E-state index in [1.807, 2.05) is 49.4 Å². The summed E-state index contributed by atoms with van der Waals surface area (Å²) >= 11 is 0. The van der Waals surface area contributed by atoms with Crippen LogP contribution in [-0.2, 0) is 20.7 Å². The first-order valence-electron chi connectivity index (χ1n) is 8.99. The Hall–Kier alpha value is -3.02. The first kappa shape index (κ1) is 20.3. The quantitative estimate of drug-likeness (QED) is 0.486. The lowest BCUT2D eigenvalue weighted by molar-refractivity contribution is -0.148. The molecule has 2 aromatic rings. The van der Waals surface area contributed by atoms with Crippen molar-refractivity contribution in [2.75, 3.05) is 26.4 Å². The average molecular weight is 371 g/mol. The van der Waals surface area contributed by atoms with Crippen LogP contribution in [0.3, 0.4) is 0 Å². The molecule has 1 N–H and O–H groups in total. The van der Waals surface area contributed by atoms with Crippen molar-refractivity contribution in [1.82, 2.24) is 5.32 Å². The Kier molecular flexibility index (Phi) is 8.69. The van der Waals surface area contributed by atoms with Gasteiger partial charge in [-0.2, -0.15) is 0 Å². The molecule has 0 aliphatic rings. The zero-order valence-corrected chi connectivity index (χ0v) is 15.5. The lowest BCUT2D eigenvalue weighted by Gasteiger charge is -2.09. The molecule has 0 atom stereocenters. The van der Waals surface area contributed by atoms with Gasteiger partial charge in [-0.1, -0.05) is 30.3 Å². The zero-order valence-electron chi connectivity index (χ0n) is 15.5. The maximum Gasteiger partial charge on any atom is 0.306 e. The van der Waals surface area contributed by atoms with Crippen molar-refractivity contribution < 1.29 is 23.8 Å². The molecule has 0 aliphatic carbocycles. The van der Waals surface area contributed by atoms with Crippen molar-refractivity contribution in [3.63, 3.8) is 0 Å². The van der Waals surface area contributed by atoms with Crippen molar-refractivity contribution in [3.8, 4) is 11.5 Å². The molecule has 0 saturated heterocycles. The van der Waals surface area contributed by atoms with Gasteiger partial charge in [0.05, 0.1) is 13.2 Å². The monoisotopic (exact) mass is 371 g/mol. The van der Waals surface area contributed by atoms with E-state index in [1.54, 1.807) is 12.1 Å². The fraction of sp³-hybridized carbons (Fsp3) is 0.333. The van der Waals surface area contributed by atoms with Gasteiger partial charge in [0.15, 0.2) is 6.61 Å². The van der Waals surface area contributed by atoms with Crippen LogP contribution in [0.4, 0.5) is 0 Å². The summed E-state index contributed by atoms with van der Waals surface area (Å²) in [6, 6.07) is 16.9. The molecule has 27 heavy (non-hydrogen) atoms. The summed E-state index contributed by atoms with van der Waals surface area (Å²) in [5.74, 6) is 0.741. The minimum absolute atomic E-state index is 0.248. The predicted octanol–water partition coefficient (Wildman–Crippen LogP) is 2.76. The molecule has 6 heteroatoms. The van der Waals surface area contributed by atoms with Gasteiger partial charge in [0.1, 0.15) is 18.1 Å². The lowest BCUT2D eigenvalue weighted by Crippen LogP contribution is -2.32. The number of hydrogen-bond acceptors (Lipinski definition) is 5. The van der Waals surface area contributed by atoms with Crippen LogP contribution in [0.25, 0.3) is 0 Å². The number of nitrogens with one attached hydrogen (secondary N) is 1. The van der Waals surface area contributed by atoms with Gasteiger partial charge in [-0.3, -0.25) is 9.59 Å². The number of ether oxygens (including phenoxy) is 3. The van der Waals surface area contributed by atoms with Gasteiger partial charge in [-0.15, -0.1) is 0 Å². The van der Waals surface area contributed by atoms with E-state index < -0.39 is 0 Å². The maximum atomic E-state index is 11.7. The zero-order chi connectivity index (χ0) is 19.3. The predicted molar refractivity (Wildman–Crippen MR) is 102 cm³/mol. The molecule has 2 aromatic carbocycles. The minimum Gasteiger partial charge on any atom is -0.494 e. The van der Waals surface area contributed by atoms with Crippen LogP contribution in [0.1, 0.15) is 18.9 Å². The third-order valence-corrected chi connectivity index (χ3v) is 3.65. The molecule has 0 saturated carbocycles. The van der Waals surface area contributed by atoms with Crippen LogP contribution in [0.15, 0.2) is 54.6 Å². The van der Waals surface area contributed by atoms with Crippen molar-refractivity contribution in [2.24, 2.45) is 0 Å². The van der Waals surface area contributed by atoms with Crippen molar-refractivity contribution in [1.29, 1.82) is 0 Å². The maximum absolute atomic E-state index is 11.7. The van der Waals surface area contributed by atoms with Crippen LogP contribution in [0, 0.1) is 0 Å². The molecule has 0 heterocycles. The van der Waals surface area contributed by atoms with Gasteiger partial charge in [0, 0.05) is 6.42 Å². The summed E-state index contributed by atoms with van der Waals surface area (Å²) in [4.78, 5) is 23.4. The molecule has 0 spiro atoms. The number of esters is 1. The SMILES string of the molecule is CCOc1ccc(OCCNC(=O)COC(=O)CCc2ccccc2)cc1. The minimum atomic E-state index is -0.389. The third kappa shape index (κ3) is 8.27. The molecular weight excluding hydrogens is 346 g/mol.